The summed E-state index contributed by atoms with van der Waals surface area (Å²) < 4.78 is 49.6. The highest BCUT2D eigenvalue weighted by atomic mass is 19.4. The second-order valence-corrected chi connectivity index (χ2v) is 9.58. The Morgan fingerprint density at radius 2 is 1.92 bits per heavy atom. The van der Waals surface area contributed by atoms with Gasteiger partial charge in [0.2, 0.25) is 0 Å². The number of carboxylic acids is 1. The van der Waals surface area contributed by atoms with Crippen LogP contribution in [0.4, 0.5) is 13.2 Å². The number of hydrogen-bond acceptors (Lipinski definition) is 6. The van der Waals surface area contributed by atoms with Gasteiger partial charge in [0.25, 0.3) is 0 Å². The van der Waals surface area contributed by atoms with Crippen LogP contribution in [0.3, 0.4) is 0 Å². The molecule has 0 aliphatic heterocycles. The number of oxime groups is 1. The van der Waals surface area contributed by atoms with E-state index in [-0.39, 0.29) is 6.42 Å². The molecule has 1 aliphatic rings. The lowest BCUT2D eigenvalue weighted by atomic mass is 9.83. The highest BCUT2D eigenvalue weighted by Gasteiger charge is 2.31. The molecule has 0 saturated heterocycles. The first kappa shape index (κ1) is 28.4. The molecule has 0 spiro atoms. The van der Waals surface area contributed by atoms with E-state index in [0.29, 0.717) is 30.4 Å². The summed E-state index contributed by atoms with van der Waals surface area (Å²) in [6.07, 6.45) is 3.22. The largest absolute Gasteiger partial charge is 0.492 e. The molecule has 1 atom stereocenters. The maximum atomic E-state index is 12.4. The molecule has 8 nitrogen and oxygen atoms in total. The summed E-state index contributed by atoms with van der Waals surface area (Å²) in [5, 5.41) is 13.5. The number of carbonyl (C=O) groups is 1. The number of ether oxygens (including phenoxy) is 2. The number of carboxylic acid groups (broad SMARTS) is 1. The lowest BCUT2D eigenvalue weighted by Crippen LogP contribution is -2.31. The van der Waals surface area contributed by atoms with Crippen molar-refractivity contribution in [3.05, 3.63) is 59.9 Å². The number of nitrogens with zero attached hydrogens (tertiary/aromatic N) is 3. The number of hydrogen-bond donors (Lipinski definition) is 1. The third-order valence-electron chi connectivity index (χ3n) is 6.77. The number of fused-ring (bicyclic) bond motifs is 1. The first-order valence-electron chi connectivity index (χ1n) is 12.9. The van der Waals surface area contributed by atoms with E-state index in [1.807, 2.05) is 18.5 Å². The first-order valence-corrected chi connectivity index (χ1v) is 12.9. The average Bonchev–Trinajstić information content (AvgIpc) is 3.32. The molecule has 0 amide bonds. The quantitative estimate of drug-likeness (QED) is 0.234. The number of pyridine rings is 1. The minimum Gasteiger partial charge on any atom is -0.492 e. The minimum absolute atomic E-state index is 0.189. The Kier molecular flexibility index (Phi) is 9.45. The second kappa shape index (κ2) is 13.0. The summed E-state index contributed by atoms with van der Waals surface area (Å²) in [7, 11) is 1.56. The molecule has 1 fully saturated rings. The van der Waals surface area contributed by atoms with Gasteiger partial charge in [-0.25, -0.2) is 4.79 Å². The maximum absolute atomic E-state index is 12.4. The Morgan fingerprint density at radius 1 is 1.18 bits per heavy atom. The number of benzene rings is 1. The first-order chi connectivity index (χ1) is 18.7. The van der Waals surface area contributed by atoms with E-state index in [1.54, 1.807) is 31.4 Å². The zero-order valence-electron chi connectivity index (χ0n) is 21.7. The van der Waals surface area contributed by atoms with Crippen LogP contribution >= 0.6 is 0 Å². The molecule has 1 aliphatic carbocycles. The highest BCUT2D eigenvalue weighted by molar-refractivity contribution is 6.03. The van der Waals surface area contributed by atoms with Gasteiger partial charge < -0.3 is 24.0 Å². The van der Waals surface area contributed by atoms with E-state index in [4.69, 9.17) is 9.57 Å². The molecule has 1 N–H and O–H groups in total. The minimum atomic E-state index is -4.59. The summed E-state index contributed by atoms with van der Waals surface area (Å²) in [5.74, 6) is -0.533. The third-order valence-corrected chi connectivity index (χ3v) is 6.77. The molecule has 2 aromatic heterocycles. The maximum Gasteiger partial charge on any atom is 0.411 e. The molecule has 0 radical (unpaired) electrons. The van der Waals surface area contributed by atoms with Crippen LogP contribution in [-0.4, -0.2) is 58.9 Å². The van der Waals surface area contributed by atoms with Gasteiger partial charge in [-0.1, -0.05) is 36.6 Å². The van der Waals surface area contributed by atoms with Crippen LogP contribution in [0.25, 0.3) is 11.0 Å². The Morgan fingerprint density at radius 3 is 2.59 bits per heavy atom. The Balaban J connectivity index is 1.36. The van der Waals surface area contributed by atoms with Crippen LogP contribution in [0.5, 0.6) is 5.75 Å². The summed E-state index contributed by atoms with van der Waals surface area (Å²) >= 11 is 0. The van der Waals surface area contributed by atoms with E-state index in [1.165, 1.54) is 19.3 Å². The van der Waals surface area contributed by atoms with Crippen molar-refractivity contribution in [1.29, 1.82) is 0 Å². The van der Waals surface area contributed by atoms with E-state index in [0.717, 1.165) is 35.2 Å². The molecule has 4 rings (SSSR count). The summed E-state index contributed by atoms with van der Waals surface area (Å²) in [6, 6.07) is 10.6. The molecular weight excluding hydrogens is 515 g/mol. The van der Waals surface area contributed by atoms with E-state index >= 15 is 0 Å². The summed E-state index contributed by atoms with van der Waals surface area (Å²) in [4.78, 5) is 21.1. The number of halogens is 3. The predicted octanol–water partition coefficient (Wildman–Crippen LogP) is 5.62. The van der Waals surface area contributed by atoms with Crippen molar-refractivity contribution in [3.8, 4) is 5.75 Å². The fourth-order valence-electron chi connectivity index (χ4n) is 4.85. The van der Waals surface area contributed by atoms with Gasteiger partial charge in [-0.15, -0.1) is 0 Å². The predicted molar refractivity (Wildman–Crippen MR) is 139 cm³/mol. The van der Waals surface area contributed by atoms with Gasteiger partial charge in [-0.2, -0.15) is 13.2 Å². The van der Waals surface area contributed by atoms with Crippen LogP contribution in [0.2, 0.25) is 0 Å². The lowest BCUT2D eigenvalue weighted by molar-refractivity contribution is -0.192. The van der Waals surface area contributed by atoms with Gasteiger partial charge in [0, 0.05) is 30.3 Å². The van der Waals surface area contributed by atoms with Crippen LogP contribution in [-0.2, 0) is 27.3 Å². The molecule has 39 heavy (non-hydrogen) atoms. The Labute approximate surface area is 224 Å². The van der Waals surface area contributed by atoms with Crippen molar-refractivity contribution in [1.82, 2.24) is 9.55 Å². The van der Waals surface area contributed by atoms with Gasteiger partial charge in [-0.05, 0) is 42.7 Å². The topological polar surface area (TPSA) is 95.2 Å². The van der Waals surface area contributed by atoms with Crippen LogP contribution < -0.4 is 4.74 Å². The molecule has 210 valence electrons. The summed E-state index contributed by atoms with van der Waals surface area (Å²) in [6.45, 7) is -0.693. The van der Waals surface area contributed by atoms with Gasteiger partial charge in [0.05, 0.1) is 23.3 Å². The standard InChI is InChI=1S/C28H32F3N3O5/c1-37-33-26(20-5-3-2-4-6-20)21-16-24-23(32-17-21)11-12-34(24)13-14-38-22-9-7-19(8-10-22)15-25(27(35)36)39-18-28(29,30)31/h7-12,16-17,20,25H,2-6,13-15,18H2,1H3,(H,35,36)/b33-26-. The molecule has 3 aromatic rings. The molecule has 1 unspecified atom stereocenters. The van der Waals surface area contributed by atoms with Gasteiger partial charge in [-0.3, -0.25) is 4.98 Å². The fourth-order valence-corrected chi connectivity index (χ4v) is 4.85. The van der Waals surface area contributed by atoms with Crippen molar-refractivity contribution in [2.75, 3.05) is 20.3 Å². The van der Waals surface area contributed by atoms with E-state index in [2.05, 4.69) is 25.5 Å². The second-order valence-electron chi connectivity index (χ2n) is 9.58. The molecule has 11 heteroatoms. The molecule has 2 heterocycles. The molecular formula is C28H32F3N3O5. The Hall–Kier alpha value is -3.60. The van der Waals surface area contributed by atoms with Crippen molar-refractivity contribution < 1.29 is 37.4 Å². The van der Waals surface area contributed by atoms with Crippen molar-refractivity contribution in [2.24, 2.45) is 11.1 Å². The van der Waals surface area contributed by atoms with Crippen molar-refractivity contribution in [3.63, 3.8) is 0 Å². The zero-order chi connectivity index (χ0) is 27.8. The van der Waals surface area contributed by atoms with Crippen LogP contribution in [0.1, 0.15) is 43.2 Å². The smallest absolute Gasteiger partial charge is 0.411 e. The zero-order valence-corrected chi connectivity index (χ0v) is 21.7. The van der Waals surface area contributed by atoms with Gasteiger partial charge in [0.1, 0.15) is 26.1 Å². The normalized spacial score (nSPS) is 15.8. The lowest BCUT2D eigenvalue weighted by Gasteiger charge is -2.23. The number of aromatic nitrogens is 2. The highest BCUT2D eigenvalue weighted by Crippen LogP contribution is 2.29. The van der Waals surface area contributed by atoms with Crippen LogP contribution in [0.15, 0.2) is 53.9 Å². The molecule has 1 saturated carbocycles. The SMILES string of the molecule is CO/N=C(\c1cnc2ccn(CCOc3ccc(CC(OCC(F)(F)F)C(=O)O)cc3)c2c1)C1CCCCC1. The van der Waals surface area contributed by atoms with Gasteiger partial charge in [0.15, 0.2) is 6.10 Å². The van der Waals surface area contributed by atoms with Gasteiger partial charge >= 0.3 is 12.1 Å². The molecule has 0 bridgehead atoms. The average molecular weight is 548 g/mol. The fraction of sp³-hybridized carbons (Fsp3) is 0.464. The van der Waals surface area contributed by atoms with Crippen molar-refractivity contribution in [2.45, 2.75) is 57.3 Å². The van der Waals surface area contributed by atoms with Crippen LogP contribution in [0, 0.1) is 5.92 Å². The Bertz CT molecular complexity index is 1270. The third kappa shape index (κ3) is 7.95. The number of alkyl halides is 3. The summed E-state index contributed by atoms with van der Waals surface area (Å²) in [5.41, 5.74) is 4.24. The van der Waals surface area contributed by atoms with E-state index in [9.17, 15) is 23.1 Å². The molecule has 1 aromatic carbocycles. The van der Waals surface area contributed by atoms with E-state index < -0.39 is 24.9 Å². The van der Waals surface area contributed by atoms with Crippen molar-refractivity contribution >= 4 is 22.7 Å². The number of rotatable bonds is 12. The monoisotopic (exact) mass is 547 g/mol. The number of aliphatic carboxylic acids is 1.